The van der Waals surface area contributed by atoms with Gasteiger partial charge in [-0.05, 0) is 37.1 Å². The Bertz CT molecular complexity index is 850. The molecule has 7 nitrogen and oxygen atoms in total. The van der Waals surface area contributed by atoms with Crippen molar-refractivity contribution in [2.24, 2.45) is 0 Å². The minimum Gasteiger partial charge on any atom is -0.494 e. The van der Waals surface area contributed by atoms with Crippen LogP contribution in [-0.4, -0.2) is 68.4 Å². The zero-order valence-electron chi connectivity index (χ0n) is 16.3. The van der Waals surface area contributed by atoms with Gasteiger partial charge in [0, 0.05) is 26.2 Å². The molecule has 8 heteroatoms. The molecule has 150 valence electrons. The van der Waals surface area contributed by atoms with E-state index in [2.05, 4.69) is 30.9 Å². The van der Waals surface area contributed by atoms with Gasteiger partial charge in [-0.3, -0.25) is 14.6 Å². The predicted molar refractivity (Wildman–Crippen MR) is 109 cm³/mol. The van der Waals surface area contributed by atoms with Gasteiger partial charge in [-0.2, -0.15) is 0 Å². The number of fused-ring (bicyclic) bond motifs is 1. The molecule has 0 bridgehead atoms. The number of aromatic nitrogens is 1. The largest absolute Gasteiger partial charge is 0.494 e. The third-order valence-corrected chi connectivity index (χ3v) is 6.11. The Morgan fingerprint density at radius 1 is 1.18 bits per heavy atom. The van der Waals surface area contributed by atoms with Crippen LogP contribution in [-0.2, 0) is 19.0 Å². The lowest BCUT2D eigenvalue weighted by molar-refractivity contribution is -0.119. The van der Waals surface area contributed by atoms with Gasteiger partial charge >= 0.3 is 0 Å². The fourth-order valence-electron chi connectivity index (χ4n) is 3.25. The Balaban J connectivity index is 1.61. The van der Waals surface area contributed by atoms with E-state index in [9.17, 15) is 4.79 Å². The first-order valence-electron chi connectivity index (χ1n) is 9.56. The summed E-state index contributed by atoms with van der Waals surface area (Å²) in [7, 11) is 0. The van der Waals surface area contributed by atoms with Gasteiger partial charge < -0.3 is 14.2 Å². The van der Waals surface area contributed by atoms with Crippen LogP contribution in [0.1, 0.15) is 11.1 Å². The first-order valence-corrected chi connectivity index (χ1v) is 10.4. The maximum Gasteiger partial charge on any atom is 0.298 e. The van der Waals surface area contributed by atoms with Crippen LogP contribution in [0.25, 0.3) is 10.2 Å². The van der Waals surface area contributed by atoms with Crippen molar-refractivity contribution in [3.05, 3.63) is 35.3 Å². The van der Waals surface area contributed by atoms with Gasteiger partial charge in [-0.25, -0.2) is 4.98 Å². The molecular formula is C20H25N3O4S. The van der Waals surface area contributed by atoms with Crippen molar-refractivity contribution in [3.8, 4) is 0 Å². The predicted octanol–water partition coefficient (Wildman–Crippen LogP) is 2.47. The van der Waals surface area contributed by atoms with E-state index in [-0.39, 0.29) is 11.7 Å². The van der Waals surface area contributed by atoms with Gasteiger partial charge in [0.15, 0.2) is 5.13 Å². The van der Waals surface area contributed by atoms with E-state index in [0.717, 1.165) is 43.1 Å². The molecule has 0 spiro atoms. The minimum absolute atomic E-state index is 0.208. The monoisotopic (exact) mass is 403 g/mol. The fraction of sp³-hybridized carbons (Fsp3) is 0.500. The van der Waals surface area contributed by atoms with Crippen LogP contribution in [0.2, 0.25) is 0 Å². The molecule has 1 aromatic carbocycles. The Hall–Kier alpha value is -2.16. The summed E-state index contributed by atoms with van der Waals surface area (Å²) in [4.78, 5) is 21.9. The highest BCUT2D eigenvalue weighted by Gasteiger charge is 2.27. The second kappa shape index (κ2) is 8.46. The van der Waals surface area contributed by atoms with E-state index in [1.54, 1.807) is 4.90 Å². The first kappa shape index (κ1) is 19.2. The van der Waals surface area contributed by atoms with E-state index in [1.807, 2.05) is 0 Å². The molecule has 1 saturated heterocycles. The number of nitrogens with zero attached hydrogens (tertiary/aromatic N) is 3. The van der Waals surface area contributed by atoms with Gasteiger partial charge in [-0.1, -0.05) is 11.3 Å². The average Bonchev–Trinajstić information content (AvgIpc) is 3.12. The molecule has 0 aliphatic carbocycles. The second-order valence-corrected chi connectivity index (χ2v) is 8.02. The Morgan fingerprint density at radius 3 is 2.71 bits per heavy atom. The molecule has 1 fully saturated rings. The molecule has 0 radical (unpaired) electrons. The van der Waals surface area contributed by atoms with Crippen molar-refractivity contribution in [1.29, 1.82) is 0 Å². The van der Waals surface area contributed by atoms with Crippen molar-refractivity contribution < 1.29 is 19.0 Å². The van der Waals surface area contributed by atoms with Crippen LogP contribution in [0.3, 0.4) is 0 Å². The highest BCUT2D eigenvalue weighted by molar-refractivity contribution is 7.22. The summed E-state index contributed by atoms with van der Waals surface area (Å²) in [6.45, 7) is 9.53. The Labute approximate surface area is 168 Å². The summed E-state index contributed by atoms with van der Waals surface area (Å²) >= 11 is 1.53. The minimum atomic E-state index is -0.208. The van der Waals surface area contributed by atoms with Crippen LogP contribution < -0.4 is 4.90 Å². The number of amides is 1. The van der Waals surface area contributed by atoms with E-state index in [1.165, 1.54) is 28.7 Å². The molecular weight excluding hydrogens is 378 g/mol. The number of ether oxygens (including phenoxy) is 3. The SMILES string of the molecule is Cc1cc2nc(N(CCN3CCOCC3)C(=O)C3=COCCO3)sc2cc1C. The summed E-state index contributed by atoms with van der Waals surface area (Å²) in [5, 5.41) is 0.688. The molecule has 0 N–H and O–H groups in total. The first-order chi connectivity index (χ1) is 13.6. The fourth-order valence-corrected chi connectivity index (χ4v) is 4.32. The Morgan fingerprint density at radius 2 is 1.96 bits per heavy atom. The molecule has 2 aliphatic rings. The number of morpholine rings is 1. The average molecular weight is 404 g/mol. The number of thiazole rings is 1. The highest BCUT2D eigenvalue weighted by Crippen LogP contribution is 2.31. The van der Waals surface area contributed by atoms with E-state index >= 15 is 0 Å². The molecule has 0 saturated carbocycles. The van der Waals surface area contributed by atoms with Crippen LogP contribution in [0.15, 0.2) is 24.2 Å². The van der Waals surface area contributed by atoms with Crippen molar-refractivity contribution in [2.45, 2.75) is 13.8 Å². The van der Waals surface area contributed by atoms with Crippen LogP contribution >= 0.6 is 11.3 Å². The maximum absolute atomic E-state index is 13.2. The number of carbonyl (C=O) groups excluding carboxylic acids is 1. The van der Waals surface area contributed by atoms with E-state index in [0.29, 0.717) is 24.9 Å². The molecule has 2 aromatic rings. The third kappa shape index (κ3) is 4.14. The number of rotatable bonds is 5. The zero-order chi connectivity index (χ0) is 19.5. The smallest absolute Gasteiger partial charge is 0.298 e. The van der Waals surface area contributed by atoms with Crippen LogP contribution in [0.5, 0.6) is 0 Å². The number of hydrogen-bond acceptors (Lipinski definition) is 7. The van der Waals surface area contributed by atoms with Gasteiger partial charge in [0.05, 0.1) is 23.4 Å². The molecule has 2 aliphatic heterocycles. The van der Waals surface area contributed by atoms with Gasteiger partial charge in [0.2, 0.25) is 5.76 Å². The molecule has 1 amide bonds. The summed E-state index contributed by atoms with van der Waals surface area (Å²) in [5.41, 5.74) is 3.34. The van der Waals surface area contributed by atoms with Crippen molar-refractivity contribution in [2.75, 3.05) is 57.5 Å². The molecule has 4 rings (SSSR count). The normalized spacial score (nSPS) is 17.7. The number of carbonyl (C=O) groups is 1. The lowest BCUT2D eigenvalue weighted by atomic mass is 10.1. The second-order valence-electron chi connectivity index (χ2n) is 7.01. The summed E-state index contributed by atoms with van der Waals surface area (Å²) < 4.78 is 17.3. The van der Waals surface area contributed by atoms with E-state index in [4.69, 9.17) is 19.2 Å². The molecule has 0 unspecified atom stereocenters. The molecule has 0 atom stereocenters. The summed E-state index contributed by atoms with van der Waals surface area (Å²) in [5.74, 6) is 0.0281. The maximum atomic E-state index is 13.2. The van der Waals surface area contributed by atoms with Crippen molar-refractivity contribution >= 4 is 32.6 Å². The number of anilines is 1. The number of benzene rings is 1. The summed E-state index contributed by atoms with van der Waals surface area (Å²) in [6, 6.07) is 4.21. The van der Waals surface area contributed by atoms with Gasteiger partial charge in [0.25, 0.3) is 5.91 Å². The topological polar surface area (TPSA) is 64.1 Å². The lowest BCUT2D eigenvalue weighted by Gasteiger charge is -2.29. The third-order valence-electron chi connectivity index (χ3n) is 5.07. The number of hydrogen-bond donors (Lipinski definition) is 0. The quantitative estimate of drug-likeness (QED) is 0.764. The molecule has 1 aromatic heterocycles. The van der Waals surface area contributed by atoms with Crippen molar-refractivity contribution in [1.82, 2.24) is 9.88 Å². The van der Waals surface area contributed by atoms with Crippen molar-refractivity contribution in [3.63, 3.8) is 0 Å². The molecule has 3 heterocycles. The van der Waals surface area contributed by atoms with Crippen LogP contribution in [0, 0.1) is 13.8 Å². The standard InChI is InChI=1S/C20H25N3O4S/c1-14-11-16-18(12-15(14)2)28-20(21-16)23(4-3-22-5-7-25-8-6-22)19(24)17-13-26-9-10-27-17/h11-13H,3-10H2,1-2H3. The molecule has 28 heavy (non-hydrogen) atoms. The highest BCUT2D eigenvalue weighted by atomic mass is 32.1. The Kier molecular flexibility index (Phi) is 5.79. The van der Waals surface area contributed by atoms with Gasteiger partial charge in [0.1, 0.15) is 19.5 Å². The number of aryl methyl sites for hydroxylation is 2. The van der Waals surface area contributed by atoms with Gasteiger partial charge in [-0.15, -0.1) is 0 Å². The summed E-state index contributed by atoms with van der Waals surface area (Å²) in [6.07, 6.45) is 1.41. The lowest BCUT2D eigenvalue weighted by Crippen LogP contribution is -2.44. The zero-order valence-corrected chi connectivity index (χ0v) is 17.1. The van der Waals surface area contributed by atoms with E-state index < -0.39 is 0 Å². The van der Waals surface area contributed by atoms with Crippen LogP contribution in [0.4, 0.5) is 5.13 Å².